The van der Waals surface area contributed by atoms with Crippen molar-refractivity contribution in [2.45, 2.75) is 76.2 Å². The van der Waals surface area contributed by atoms with E-state index in [0.717, 1.165) is 109 Å². The van der Waals surface area contributed by atoms with Crippen molar-refractivity contribution in [1.29, 1.82) is 0 Å². The molecule has 0 radical (unpaired) electrons. The second-order valence-electron chi connectivity index (χ2n) is 19.7. The van der Waals surface area contributed by atoms with Crippen LogP contribution in [-0.2, 0) is 16.0 Å². The monoisotopic (exact) mass is 934 g/mol. The second-order valence-corrected chi connectivity index (χ2v) is 19.7. The normalized spacial score (nSPS) is 20.9. The zero-order chi connectivity index (χ0) is 47.1. The number of aromatic amines is 1. The minimum Gasteiger partial charge on any atom is -0.340 e. The molecule has 16 heteroatoms. The van der Waals surface area contributed by atoms with Crippen molar-refractivity contribution in [3.8, 4) is 0 Å². The molecule has 5 heterocycles. The number of benzene rings is 3. The number of hydrogen-bond acceptors (Lipinski definition) is 9. The lowest BCUT2D eigenvalue weighted by molar-refractivity contribution is -0.137. The Labute approximate surface area is 396 Å². The van der Waals surface area contributed by atoms with Crippen LogP contribution in [0.3, 0.4) is 0 Å². The molecule has 0 spiro atoms. The van der Waals surface area contributed by atoms with Crippen molar-refractivity contribution in [2.24, 2.45) is 11.8 Å². The molecular formula is C52H65F2N9O5. The van der Waals surface area contributed by atoms with Gasteiger partial charge in [0.1, 0.15) is 17.7 Å². The minimum absolute atomic E-state index is 0.0253. The summed E-state index contributed by atoms with van der Waals surface area (Å²) in [5.74, 6) is -1.13. The number of halogens is 2. The molecule has 68 heavy (non-hydrogen) atoms. The Balaban J connectivity index is 0.709. The summed E-state index contributed by atoms with van der Waals surface area (Å²) in [6.07, 6.45) is 9.18. The summed E-state index contributed by atoms with van der Waals surface area (Å²) < 4.78 is 30.0. The molecular weight excluding hydrogens is 869 g/mol. The Morgan fingerprint density at radius 1 is 0.735 bits per heavy atom. The van der Waals surface area contributed by atoms with Crippen LogP contribution in [-0.4, -0.2) is 156 Å². The second kappa shape index (κ2) is 21.8. The number of piperidine rings is 2. The molecule has 5 aliphatic rings. The summed E-state index contributed by atoms with van der Waals surface area (Å²) in [7, 11) is 0. The fraction of sp³-hybridized carbons (Fsp3) is 0.538. The number of piperazine rings is 2. The van der Waals surface area contributed by atoms with E-state index in [1.807, 2.05) is 17.0 Å². The van der Waals surface area contributed by atoms with Gasteiger partial charge in [0.25, 0.3) is 17.4 Å². The molecule has 3 aromatic carbocycles. The van der Waals surface area contributed by atoms with E-state index in [4.69, 9.17) is 0 Å². The van der Waals surface area contributed by atoms with Crippen molar-refractivity contribution in [3.63, 3.8) is 0 Å². The number of nitrogens with zero attached hydrogens (tertiary/aromatic N) is 6. The smallest absolute Gasteiger partial charge is 0.272 e. The van der Waals surface area contributed by atoms with Gasteiger partial charge in [0.2, 0.25) is 11.8 Å². The number of hydrogen-bond donors (Lipinski definition) is 3. The van der Waals surface area contributed by atoms with E-state index < -0.39 is 23.6 Å². The van der Waals surface area contributed by atoms with Crippen molar-refractivity contribution < 1.29 is 28.0 Å². The summed E-state index contributed by atoms with van der Waals surface area (Å²) in [5, 5.41) is 14.5. The van der Waals surface area contributed by atoms with Gasteiger partial charge in [-0.15, -0.1) is 0 Å². The van der Waals surface area contributed by atoms with Crippen LogP contribution in [0.25, 0.3) is 10.8 Å². The van der Waals surface area contributed by atoms with E-state index in [-0.39, 0.29) is 46.2 Å². The Morgan fingerprint density at radius 2 is 1.46 bits per heavy atom. The van der Waals surface area contributed by atoms with Crippen LogP contribution in [0.5, 0.6) is 0 Å². The zero-order valence-electron chi connectivity index (χ0n) is 39.0. The number of fused-ring (bicyclic) bond motifs is 1. The summed E-state index contributed by atoms with van der Waals surface area (Å²) in [5.41, 5.74) is 2.11. The molecule has 3 N–H and O–H groups in total. The van der Waals surface area contributed by atoms with Crippen molar-refractivity contribution >= 4 is 34.4 Å². The first-order valence-corrected chi connectivity index (χ1v) is 24.9. The molecule has 4 aromatic rings. The lowest BCUT2D eigenvalue weighted by atomic mass is 9.83. The first-order chi connectivity index (χ1) is 33.1. The molecule has 1 aromatic heterocycles. The summed E-state index contributed by atoms with van der Waals surface area (Å²) in [4.78, 5) is 77.3. The topological polar surface area (TPSA) is 154 Å². The van der Waals surface area contributed by atoms with E-state index in [0.29, 0.717) is 80.2 Å². The third kappa shape index (κ3) is 11.3. The highest BCUT2D eigenvalue weighted by Gasteiger charge is 2.36. The first kappa shape index (κ1) is 47.5. The SMILES string of the molecule is O=C(N[C@@H](C(=O)N1CCN(CC2CCN(CC(=O)N3CCN(C(=O)c4cc(Cc5n[nH]c(=O)c6ccccc56)ccc4F)CC3)CC2)CC1)C1CCCCC1)c1cc(F)cc(C2CCCNC2)c1. The number of amides is 4. The predicted octanol–water partition coefficient (Wildman–Crippen LogP) is 4.78. The number of rotatable bonds is 12. The van der Waals surface area contributed by atoms with Gasteiger partial charge in [-0.1, -0.05) is 43.5 Å². The highest BCUT2D eigenvalue weighted by atomic mass is 19.1. The van der Waals surface area contributed by atoms with Gasteiger partial charge in [-0.3, -0.25) is 33.8 Å². The lowest BCUT2D eigenvalue weighted by Gasteiger charge is -2.41. The van der Waals surface area contributed by atoms with Gasteiger partial charge in [0.05, 0.1) is 23.2 Å². The van der Waals surface area contributed by atoms with Gasteiger partial charge in [-0.2, -0.15) is 5.10 Å². The number of likely N-dealkylation sites (tertiary alicyclic amines) is 1. The summed E-state index contributed by atoms with van der Waals surface area (Å²) in [6.45, 7) is 8.70. The van der Waals surface area contributed by atoms with Crippen molar-refractivity contribution in [1.82, 2.24) is 45.3 Å². The van der Waals surface area contributed by atoms with Gasteiger partial charge < -0.3 is 25.3 Å². The highest BCUT2D eigenvalue weighted by Crippen LogP contribution is 2.30. The maximum atomic E-state index is 15.1. The maximum Gasteiger partial charge on any atom is 0.272 e. The van der Waals surface area contributed by atoms with Gasteiger partial charge >= 0.3 is 0 Å². The van der Waals surface area contributed by atoms with Crippen LogP contribution < -0.4 is 16.2 Å². The Morgan fingerprint density at radius 3 is 2.19 bits per heavy atom. The largest absolute Gasteiger partial charge is 0.340 e. The van der Waals surface area contributed by atoms with Crippen molar-refractivity contribution in [2.75, 3.05) is 91.6 Å². The lowest BCUT2D eigenvalue weighted by Crippen LogP contribution is -2.57. The van der Waals surface area contributed by atoms with Crippen molar-refractivity contribution in [3.05, 3.63) is 111 Å². The van der Waals surface area contributed by atoms with E-state index in [1.54, 1.807) is 40.1 Å². The summed E-state index contributed by atoms with van der Waals surface area (Å²) in [6, 6.07) is 15.6. The van der Waals surface area contributed by atoms with Crippen LogP contribution in [0, 0.1) is 23.5 Å². The Kier molecular flexibility index (Phi) is 15.2. The number of aromatic nitrogens is 2. The molecule has 0 bridgehead atoms. The zero-order valence-corrected chi connectivity index (χ0v) is 39.0. The Bertz CT molecular complexity index is 2500. The van der Waals surface area contributed by atoms with Crippen LogP contribution in [0.1, 0.15) is 101 Å². The third-order valence-electron chi connectivity index (χ3n) is 15.2. The fourth-order valence-corrected chi connectivity index (χ4v) is 11.2. The quantitative estimate of drug-likeness (QED) is 0.182. The molecule has 4 aliphatic heterocycles. The Hall–Kier alpha value is -5.58. The molecule has 4 saturated heterocycles. The standard InChI is InChI=1S/C52H65F2N9O5/c53-41-30-39(38-9-6-16-55-32-38)29-40(31-41)49(65)56-48(37-7-2-1-3-8-37)52(68)63-21-19-60(20-22-63)33-35-14-17-59(18-15-35)34-47(64)61-23-25-62(26-24-61)51(67)44-27-36(12-13-45(44)54)28-46-42-10-4-5-11-43(42)50(66)58-57-46/h4-5,10-13,27,29-31,35,37-38,48,55H,1-3,6-9,14-26,28,32-34H2,(H,56,65)(H,58,66)/t38?,48-/m1/s1. The number of carbonyl (C=O) groups excluding carboxylic acids is 4. The van der Waals surface area contributed by atoms with Crippen LogP contribution in [0.15, 0.2) is 65.5 Å². The van der Waals surface area contributed by atoms with Crippen LogP contribution in [0.4, 0.5) is 8.78 Å². The molecule has 9 rings (SSSR count). The molecule has 1 unspecified atom stereocenters. The van der Waals surface area contributed by atoms with Crippen LogP contribution in [0.2, 0.25) is 0 Å². The average Bonchev–Trinajstić information content (AvgIpc) is 3.37. The first-order valence-electron chi connectivity index (χ1n) is 24.9. The molecule has 1 aliphatic carbocycles. The number of nitrogens with one attached hydrogen (secondary N) is 3. The van der Waals surface area contributed by atoms with Gasteiger partial charge in [0, 0.05) is 82.8 Å². The molecule has 4 amide bonds. The van der Waals surface area contributed by atoms with E-state index in [2.05, 4.69) is 30.6 Å². The summed E-state index contributed by atoms with van der Waals surface area (Å²) >= 11 is 0. The van der Waals surface area contributed by atoms with E-state index in [1.165, 1.54) is 18.2 Å². The number of carbonyl (C=O) groups is 4. The molecule has 362 valence electrons. The van der Waals surface area contributed by atoms with Gasteiger partial charge in [0.15, 0.2) is 0 Å². The van der Waals surface area contributed by atoms with Gasteiger partial charge in [-0.25, -0.2) is 13.9 Å². The number of H-pyrrole nitrogens is 1. The third-order valence-corrected chi connectivity index (χ3v) is 15.2. The molecule has 14 nitrogen and oxygen atoms in total. The molecule has 2 atom stereocenters. The van der Waals surface area contributed by atoms with Crippen LogP contribution >= 0.6 is 0 Å². The van der Waals surface area contributed by atoms with E-state index >= 15 is 4.39 Å². The maximum absolute atomic E-state index is 15.1. The fourth-order valence-electron chi connectivity index (χ4n) is 11.2. The average molecular weight is 934 g/mol. The van der Waals surface area contributed by atoms with Gasteiger partial charge in [-0.05, 0) is 123 Å². The molecule has 1 saturated carbocycles. The predicted molar refractivity (Wildman–Crippen MR) is 255 cm³/mol. The highest BCUT2D eigenvalue weighted by molar-refractivity contribution is 5.98. The molecule has 5 fully saturated rings. The van der Waals surface area contributed by atoms with E-state index in [9.17, 15) is 28.4 Å². The minimum atomic E-state index is -0.634.